The summed E-state index contributed by atoms with van der Waals surface area (Å²) < 4.78 is 28.1. The largest absolute Gasteiger partial charge is 0.352 e. The van der Waals surface area contributed by atoms with Crippen LogP contribution in [0, 0.1) is 5.92 Å². The maximum absolute atomic E-state index is 13.4. The molecule has 2 aliphatic rings. The Morgan fingerprint density at radius 3 is 2.67 bits per heavy atom. The van der Waals surface area contributed by atoms with Crippen molar-refractivity contribution in [2.75, 3.05) is 18.0 Å². The SMILES string of the molecule is CC(=O)N1c2ccc(S(=O)(=O)N3CCC[C@@H](C(=O)NCc4ccccc4Cl)C3)cc2C[C@H]1C. The summed E-state index contributed by atoms with van der Waals surface area (Å²) in [5, 5.41) is 3.48. The van der Waals surface area contributed by atoms with E-state index in [1.54, 1.807) is 29.2 Å². The zero-order chi connectivity index (χ0) is 23.8. The van der Waals surface area contributed by atoms with Crippen LogP contribution < -0.4 is 10.2 Å². The van der Waals surface area contributed by atoms with Crippen LogP contribution in [0.15, 0.2) is 47.4 Å². The Morgan fingerprint density at radius 1 is 1.18 bits per heavy atom. The molecule has 0 radical (unpaired) electrons. The third-order valence-electron chi connectivity index (χ3n) is 6.41. The summed E-state index contributed by atoms with van der Waals surface area (Å²) in [6.07, 6.45) is 1.87. The topological polar surface area (TPSA) is 86.8 Å². The summed E-state index contributed by atoms with van der Waals surface area (Å²) in [6, 6.07) is 12.2. The Kier molecular flexibility index (Phi) is 6.79. The van der Waals surface area contributed by atoms with Gasteiger partial charge in [0.15, 0.2) is 0 Å². The van der Waals surface area contributed by atoms with Gasteiger partial charge in [-0.2, -0.15) is 4.31 Å². The fourth-order valence-corrected chi connectivity index (χ4v) is 6.52. The van der Waals surface area contributed by atoms with Crippen molar-refractivity contribution >= 4 is 39.1 Å². The molecule has 176 valence electrons. The van der Waals surface area contributed by atoms with Gasteiger partial charge in [0.2, 0.25) is 21.8 Å². The molecule has 2 aromatic carbocycles. The van der Waals surface area contributed by atoms with Gasteiger partial charge in [0.05, 0.1) is 10.8 Å². The molecule has 2 aliphatic heterocycles. The predicted molar refractivity (Wildman–Crippen MR) is 128 cm³/mol. The molecule has 1 N–H and O–H groups in total. The molecule has 0 saturated carbocycles. The average Bonchev–Trinajstić information content (AvgIpc) is 3.13. The van der Waals surface area contributed by atoms with Gasteiger partial charge in [-0.15, -0.1) is 0 Å². The number of halogens is 1. The number of hydrogen-bond acceptors (Lipinski definition) is 4. The molecule has 1 saturated heterocycles. The van der Waals surface area contributed by atoms with Crippen molar-refractivity contribution in [3.8, 4) is 0 Å². The lowest BCUT2D eigenvalue weighted by molar-refractivity contribution is -0.126. The average molecular weight is 490 g/mol. The van der Waals surface area contributed by atoms with Gasteiger partial charge in [0, 0.05) is 43.3 Å². The van der Waals surface area contributed by atoms with Crippen LogP contribution in [0.3, 0.4) is 0 Å². The molecule has 2 atom stereocenters. The summed E-state index contributed by atoms with van der Waals surface area (Å²) in [7, 11) is -3.75. The van der Waals surface area contributed by atoms with Gasteiger partial charge in [0.1, 0.15) is 0 Å². The van der Waals surface area contributed by atoms with Crippen LogP contribution in [0.4, 0.5) is 5.69 Å². The first-order valence-corrected chi connectivity index (χ1v) is 12.9. The monoisotopic (exact) mass is 489 g/mol. The number of nitrogens with one attached hydrogen (secondary N) is 1. The van der Waals surface area contributed by atoms with Crippen molar-refractivity contribution < 1.29 is 18.0 Å². The molecule has 7 nitrogen and oxygen atoms in total. The van der Waals surface area contributed by atoms with Gasteiger partial charge in [-0.1, -0.05) is 29.8 Å². The number of amides is 2. The number of piperidine rings is 1. The minimum atomic E-state index is -3.75. The summed E-state index contributed by atoms with van der Waals surface area (Å²) in [6.45, 7) is 4.29. The molecule has 2 heterocycles. The lowest BCUT2D eigenvalue weighted by atomic mass is 9.99. The number of hydrogen-bond donors (Lipinski definition) is 1. The Morgan fingerprint density at radius 2 is 1.94 bits per heavy atom. The second kappa shape index (κ2) is 9.44. The van der Waals surface area contributed by atoms with E-state index in [-0.39, 0.29) is 29.3 Å². The highest BCUT2D eigenvalue weighted by Crippen LogP contribution is 2.35. The number of benzene rings is 2. The van der Waals surface area contributed by atoms with Crippen molar-refractivity contribution in [2.45, 2.75) is 50.6 Å². The number of fused-ring (bicyclic) bond motifs is 1. The molecule has 9 heteroatoms. The highest BCUT2D eigenvalue weighted by molar-refractivity contribution is 7.89. The van der Waals surface area contributed by atoms with E-state index in [1.807, 2.05) is 25.1 Å². The second-order valence-electron chi connectivity index (χ2n) is 8.74. The number of nitrogens with zero attached hydrogens (tertiary/aromatic N) is 2. The van der Waals surface area contributed by atoms with Crippen LogP contribution in [0.5, 0.6) is 0 Å². The van der Waals surface area contributed by atoms with Crippen LogP contribution in [-0.2, 0) is 32.6 Å². The van der Waals surface area contributed by atoms with Crippen molar-refractivity contribution in [1.29, 1.82) is 0 Å². The lowest BCUT2D eigenvalue weighted by Crippen LogP contribution is -2.45. The third-order valence-corrected chi connectivity index (χ3v) is 8.64. The minimum Gasteiger partial charge on any atom is -0.352 e. The number of sulfonamides is 1. The van der Waals surface area contributed by atoms with Crippen LogP contribution >= 0.6 is 11.6 Å². The van der Waals surface area contributed by atoms with E-state index >= 15 is 0 Å². The zero-order valence-electron chi connectivity index (χ0n) is 18.8. The molecule has 4 rings (SSSR count). The molecule has 1 fully saturated rings. The molecule has 33 heavy (non-hydrogen) atoms. The van der Waals surface area contributed by atoms with E-state index in [2.05, 4.69) is 5.32 Å². The van der Waals surface area contributed by atoms with E-state index < -0.39 is 15.9 Å². The Hall–Kier alpha value is -2.42. The highest BCUT2D eigenvalue weighted by atomic mass is 35.5. The van der Waals surface area contributed by atoms with E-state index in [0.717, 1.165) is 16.8 Å². The van der Waals surface area contributed by atoms with Crippen LogP contribution in [0.2, 0.25) is 5.02 Å². The lowest BCUT2D eigenvalue weighted by Gasteiger charge is -2.31. The van der Waals surface area contributed by atoms with Gasteiger partial charge in [-0.05, 0) is 61.6 Å². The first-order chi connectivity index (χ1) is 15.7. The molecule has 0 aliphatic carbocycles. The third kappa shape index (κ3) is 4.78. The van der Waals surface area contributed by atoms with E-state index in [0.29, 0.717) is 37.4 Å². The molecular weight excluding hydrogens is 462 g/mol. The van der Waals surface area contributed by atoms with E-state index in [9.17, 15) is 18.0 Å². The minimum absolute atomic E-state index is 0.00312. The normalized spacial score (nSPS) is 21.0. The van der Waals surface area contributed by atoms with Crippen molar-refractivity contribution in [3.63, 3.8) is 0 Å². The van der Waals surface area contributed by atoms with Gasteiger partial charge >= 0.3 is 0 Å². The van der Waals surface area contributed by atoms with Gasteiger partial charge in [-0.3, -0.25) is 9.59 Å². The Balaban J connectivity index is 1.46. The summed E-state index contributed by atoms with van der Waals surface area (Å²) in [5.74, 6) is -0.646. The zero-order valence-corrected chi connectivity index (χ0v) is 20.3. The van der Waals surface area contributed by atoms with Gasteiger partial charge < -0.3 is 10.2 Å². The van der Waals surface area contributed by atoms with Crippen LogP contribution in [-0.4, -0.2) is 43.7 Å². The Bertz CT molecular complexity index is 1180. The fraction of sp³-hybridized carbons (Fsp3) is 0.417. The second-order valence-corrected chi connectivity index (χ2v) is 11.1. The number of carbonyl (C=O) groups is 2. The number of anilines is 1. The first kappa shape index (κ1) is 23.7. The molecule has 0 bridgehead atoms. The molecule has 0 spiro atoms. The van der Waals surface area contributed by atoms with Gasteiger partial charge in [-0.25, -0.2) is 8.42 Å². The predicted octanol–water partition coefficient (Wildman–Crippen LogP) is 3.35. The smallest absolute Gasteiger partial charge is 0.243 e. The first-order valence-electron chi connectivity index (χ1n) is 11.1. The Labute approximate surface area is 199 Å². The van der Waals surface area contributed by atoms with Crippen LogP contribution in [0.1, 0.15) is 37.8 Å². The molecular formula is C24H28ClN3O4S. The molecule has 2 aromatic rings. The molecule has 0 aromatic heterocycles. The van der Waals surface area contributed by atoms with Crippen molar-refractivity contribution in [1.82, 2.24) is 9.62 Å². The fourth-order valence-electron chi connectivity index (χ4n) is 4.74. The highest BCUT2D eigenvalue weighted by Gasteiger charge is 2.35. The maximum Gasteiger partial charge on any atom is 0.243 e. The van der Waals surface area contributed by atoms with E-state index in [4.69, 9.17) is 11.6 Å². The molecule has 0 unspecified atom stereocenters. The van der Waals surface area contributed by atoms with Crippen LogP contribution in [0.25, 0.3) is 0 Å². The summed E-state index contributed by atoms with van der Waals surface area (Å²) >= 11 is 6.16. The standard InChI is InChI=1S/C24H28ClN3O4S/c1-16-12-20-13-21(9-10-23(20)28(16)17(2)29)33(31,32)27-11-5-7-19(15-27)24(30)26-14-18-6-3-4-8-22(18)25/h3-4,6,8-10,13,16,19H,5,7,11-12,14-15H2,1-2H3,(H,26,30)/t16-,19-/m1/s1. The number of rotatable bonds is 5. The quantitative estimate of drug-likeness (QED) is 0.697. The summed E-state index contributed by atoms with van der Waals surface area (Å²) in [5.41, 5.74) is 2.44. The number of carbonyl (C=O) groups excluding carboxylic acids is 2. The summed E-state index contributed by atoms with van der Waals surface area (Å²) in [4.78, 5) is 26.6. The van der Waals surface area contributed by atoms with Crippen molar-refractivity contribution in [2.24, 2.45) is 5.92 Å². The van der Waals surface area contributed by atoms with Gasteiger partial charge in [0.25, 0.3) is 0 Å². The van der Waals surface area contributed by atoms with E-state index in [1.165, 1.54) is 11.2 Å². The van der Waals surface area contributed by atoms with Crippen molar-refractivity contribution in [3.05, 3.63) is 58.6 Å². The maximum atomic E-state index is 13.4. The molecule has 2 amide bonds.